The quantitative estimate of drug-likeness (QED) is 0.326. The van der Waals surface area contributed by atoms with Crippen LogP contribution in [-0.4, -0.2) is 68.1 Å². The lowest BCUT2D eigenvalue weighted by atomic mass is 9.92. The summed E-state index contributed by atoms with van der Waals surface area (Å²) in [5, 5.41) is 7.42. The second kappa shape index (κ2) is 11.3. The first-order valence-corrected chi connectivity index (χ1v) is 12.8. The number of carbonyl (C=O) groups is 2. The SMILES string of the molecule is C=C1C(=O)C(NCCN2CCOCC2)=C1Nc1ccc(Oc2ccnc3cc(OC)c(C(N)=O)cc23)cc1Cl. The summed E-state index contributed by atoms with van der Waals surface area (Å²) in [7, 11) is 1.46. The van der Waals surface area contributed by atoms with Crippen molar-refractivity contribution in [3.63, 3.8) is 0 Å². The number of pyridine rings is 1. The third-order valence-corrected chi connectivity index (χ3v) is 6.92. The van der Waals surface area contributed by atoms with Gasteiger partial charge in [-0.2, -0.15) is 0 Å². The molecule has 1 fully saturated rings. The summed E-state index contributed by atoms with van der Waals surface area (Å²) < 4.78 is 16.7. The standard InChI is InChI=1S/C28H28ClN5O5/c1-16-25(26(27(16)35)32-7-8-34-9-11-38-12-10-34)33-21-4-3-17(13-20(21)29)39-23-5-6-31-22-15-24(37-2)19(28(30)36)14-18(22)23/h3-6,13-15,32-33H,1,7-12H2,2H3,(H2,30,36). The molecule has 1 amide bonds. The van der Waals surface area contributed by atoms with E-state index in [4.69, 9.17) is 31.5 Å². The highest BCUT2D eigenvalue weighted by Gasteiger charge is 2.32. The van der Waals surface area contributed by atoms with Crippen LogP contribution in [0.2, 0.25) is 5.02 Å². The number of nitrogens with one attached hydrogen (secondary N) is 2. The smallest absolute Gasteiger partial charge is 0.252 e. The molecule has 0 radical (unpaired) electrons. The Hall–Kier alpha value is -4.12. The van der Waals surface area contributed by atoms with E-state index in [2.05, 4.69) is 27.1 Å². The Balaban J connectivity index is 1.31. The van der Waals surface area contributed by atoms with Crippen molar-refractivity contribution in [3.05, 3.63) is 76.7 Å². The van der Waals surface area contributed by atoms with Crippen LogP contribution in [0.1, 0.15) is 10.4 Å². The van der Waals surface area contributed by atoms with Gasteiger partial charge in [0.05, 0.1) is 47.8 Å². The van der Waals surface area contributed by atoms with Gasteiger partial charge in [0.15, 0.2) is 0 Å². The van der Waals surface area contributed by atoms with Crippen LogP contribution >= 0.6 is 11.6 Å². The van der Waals surface area contributed by atoms with E-state index >= 15 is 0 Å². The fourth-order valence-corrected chi connectivity index (χ4v) is 4.68. The first-order chi connectivity index (χ1) is 18.9. The van der Waals surface area contributed by atoms with Crippen LogP contribution in [0.4, 0.5) is 5.69 Å². The summed E-state index contributed by atoms with van der Waals surface area (Å²) in [5.74, 6) is 0.526. The zero-order valence-electron chi connectivity index (χ0n) is 21.4. The molecule has 39 heavy (non-hydrogen) atoms. The van der Waals surface area contributed by atoms with Gasteiger partial charge in [-0.15, -0.1) is 0 Å². The number of benzene rings is 2. The highest BCUT2D eigenvalue weighted by atomic mass is 35.5. The van der Waals surface area contributed by atoms with Crippen molar-refractivity contribution in [2.24, 2.45) is 5.73 Å². The van der Waals surface area contributed by atoms with E-state index in [0.717, 1.165) is 32.8 Å². The molecular formula is C28H28ClN5O5. The Bertz CT molecular complexity index is 1500. The minimum absolute atomic E-state index is 0.118. The molecule has 1 aliphatic carbocycles. The van der Waals surface area contributed by atoms with E-state index in [1.807, 2.05) is 0 Å². The Morgan fingerprint density at radius 3 is 2.69 bits per heavy atom. The van der Waals surface area contributed by atoms with E-state index in [1.54, 1.807) is 42.6 Å². The number of halogens is 1. The number of carbonyl (C=O) groups excluding carboxylic acids is 2. The average molecular weight is 550 g/mol. The van der Waals surface area contributed by atoms with Crippen LogP contribution in [-0.2, 0) is 9.53 Å². The molecule has 5 rings (SSSR count). The molecule has 1 aromatic heterocycles. The zero-order valence-corrected chi connectivity index (χ0v) is 22.1. The number of morpholine rings is 1. The summed E-state index contributed by atoms with van der Waals surface area (Å²) in [6.45, 7) is 8.53. The van der Waals surface area contributed by atoms with Gasteiger partial charge in [-0.1, -0.05) is 18.2 Å². The van der Waals surface area contributed by atoms with Crippen molar-refractivity contribution in [2.45, 2.75) is 0 Å². The molecule has 2 aliphatic rings. The zero-order chi connectivity index (χ0) is 27.5. The lowest BCUT2D eigenvalue weighted by Crippen LogP contribution is -2.42. The predicted octanol–water partition coefficient (Wildman–Crippen LogP) is 3.47. The summed E-state index contributed by atoms with van der Waals surface area (Å²) in [4.78, 5) is 30.9. The van der Waals surface area contributed by atoms with E-state index in [9.17, 15) is 9.59 Å². The van der Waals surface area contributed by atoms with Gasteiger partial charge in [0.1, 0.15) is 22.9 Å². The van der Waals surface area contributed by atoms with Crippen molar-refractivity contribution in [1.82, 2.24) is 15.2 Å². The lowest BCUT2D eigenvalue weighted by Gasteiger charge is -2.30. The van der Waals surface area contributed by atoms with Crippen LogP contribution in [0.5, 0.6) is 17.2 Å². The van der Waals surface area contributed by atoms with Crippen molar-refractivity contribution in [1.29, 1.82) is 0 Å². The molecule has 2 heterocycles. The van der Waals surface area contributed by atoms with Gasteiger partial charge >= 0.3 is 0 Å². The second-order valence-corrected chi connectivity index (χ2v) is 9.46. The number of allylic oxidation sites excluding steroid dienone is 2. The normalized spacial score (nSPS) is 15.7. The van der Waals surface area contributed by atoms with Gasteiger partial charge in [-0.3, -0.25) is 19.5 Å². The summed E-state index contributed by atoms with van der Waals surface area (Å²) in [6, 6.07) is 10.1. The first-order valence-electron chi connectivity index (χ1n) is 12.4. The molecule has 1 saturated heterocycles. The molecule has 0 atom stereocenters. The molecule has 0 spiro atoms. The van der Waals surface area contributed by atoms with Crippen molar-refractivity contribution >= 4 is 39.9 Å². The largest absolute Gasteiger partial charge is 0.496 e. The van der Waals surface area contributed by atoms with Gasteiger partial charge in [0.2, 0.25) is 5.78 Å². The lowest BCUT2D eigenvalue weighted by molar-refractivity contribution is -0.113. The van der Waals surface area contributed by atoms with Crippen molar-refractivity contribution < 1.29 is 23.8 Å². The topological polar surface area (TPSA) is 128 Å². The Morgan fingerprint density at radius 1 is 1.18 bits per heavy atom. The number of methoxy groups -OCH3 is 1. The molecule has 2 aromatic carbocycles. The van der Waals surface area contributed by atoms with Crippen LogP contribution < -0.4 is 25.8 Å². The van der Waals surface area contributed by atoms with Gasteiger partial charge in [-0.25, -0.2) is 0 Å². The molecule has 0 unspecified atom stereocenters. The number of rotatable bonds is 10. The van der Waals surface area contributed by atoms with Gasteiger partial charge in [-0.05, 0) is 24.3 Å². The van der Waals surface area contributed by atoms with E-state index in [-0.39, 0.29) is 11.3 Å². The minimum atomic E-state index is -0.623. The predicted molar refractivity (Wildman–Crippen MR) is 148 cm³/mol. The Morgan fingerprint density at radius 2 is 1.97 bits per heavy atom. The highest BCUT2D eigenvalue weighted by Crippen LogP contribution is 2.37. The molecule has 0 saturated carbocycles. The van der Waals surface area contributed by atoms with Gasteiger partial charge in [0, 0.05) is 55.5 Å². The van der Waals surface area contributed by atoms with Gasteiger partial charge in [0.25, 0.3) is 5.91 Å². The number of hydrogen-bond donors (Lipinski definition) is 3. The maximum Gasteiger partial charge on any atom is 0.252 e. The fraction of sp³-hybridized carbons (Fsp3) is 0.250. The van der Waals surface area contributed by atoms with Crippen molar-refractivity contribution in [3.8, 4) is 17.2 Å². The number of ketones is 1. The third kappa shape index (κ3) is 5.53. The van der Waals surface area contributed by atoms with E-state index in [1.165, 1.54) is 7.11 Å². The van der Waals surface area contributed by atoms with Crippen LogP contribution in [0.25, 0.3) is 10.9 Å². The summed E-state index contributed by atoms with van der Waals surface area (Å²) in [6.07, 6.45) is 1.60. The maximum absolute atomic E-state index is 12.4. The second-order valence-electron chi connectivity index (χ2n) is 9.05. The number of primary amides is 1. The number of nitrogens with zero attached hydrogens (tertiary/aromatic N) is 2. The Kier molecular flexibility index (Phi) is 7.69. The number of nitrogens with two attached hydrogens (primary N) is 1. The Labute approximate surface area is 230 Å². The molecule has 202 valence electrons. The number of Topliss-reactive ketones (excluding diaryl/α,β-unsaturated/α-hetero) is 1. The monoisotopic (exact) mass is 549 g/mol. The van der Waals surface area contributed by atoms with Crippen molar-refractivity contribution in [2.75, 3.05) is 51.8 Å². The van der Waals surface area contributed by atoms with Crippen LogP contribution in [0.3, 0.4) is 0 Å². The maximum atomic E-state index is 12.4. The first kappa shape index (κ1) is 26.5. The van der Waals surface area contributed by atoms with Crippen LogP contribution in [0.15, 0.2) is 66.1 Å². The summed E-state index contributed by atoms with van der Waals surface area (Å²) in [5.41, 5.74) is 8.42. The third-order valence-electron chi connectivity index (χ3n) is 6.60. The molecule has 0 bridgehead atoms. The number of anilines is 1. The number of aromatic nitrogens is 1. The number of amides is 1. The molecule has 11 heteroatoms. The molecule has 1 aliphatic heterocycles. The molecule has 3 aromatic rings. The molecular weight excluding hydrogens is 522 g/mol. The van der Waals surface area contributed by atoms with E-state index in [0.29, 0.717) is 62.4 Å². The minimum Gasteiger partial charge on any atom is -0.496 e. The average Bonchev–Trinajstić information content (AvgIpc) is 2.95. The van der Waals surface area contributed by atoms with Crippen LogP contribution in [0, 0.1) is 0 Å². The fourth-order valence-electron chi connectivity index (χ4n) is 4.46. The number of hydrogen-bond acceptors (Lipinski definition) is 9. The number of fused-ring (bicyclic) bond motifs is 1. The van der Waals surface area contributed by atoms with E-state index < -0.39 is 5.91 Å². The highest BCUT2D eigenvalue weighted by molar-refractivity contribution is 6.33. The number of ether oxygens (including phenoxy) is 3. The molecule has 4 N–H and O–H groups in total. The van der Waals surface area contributed by atoms with Gasteiger partial charge < -0.3 is 30.6 Å². The summed E-state index contributed by atoms with van der Waals surface area (Å²) >= 11 is 6.57. The molecule has 10 nitrogen and oxygen atoms in total.